The number of rotatable bonds is 1. The molecule has 0 unspecified atom stereocenters. The van der Waals surface area contributed by atoms with Crippen LogP contribution in [0, 0.1) is 0 Å². The molecule has 0 N–H and O–H groups in total. The lowest BCUT2D eigenvalue weighted by Gasteiger charge is -2.21. The second-order valence-electron chi connectivity index (χ2n) is 3.54. The number of thioether (sulfide) groups is 1. The van der Waals surface area contributed by atoms with Gasteiger partial charge in [-0.25, -0.2) is 4.98 Å². The molecule has 1 aromatic heterocycles. The van der Waals surface area contributed by atoms with Gasteiger partial charge in [-0.2, -0.15) is 0 Å². The Morgan fingerprint density at radius 1 is 1.38 bits per heavy atom. The highest BCUT2D eigenvalue weighted by molar-refractivity contribution is 7.98. The molecule has 2 rings (SSSR count). The molecule has 1 aliphatic heterocycles. The summed E-state index contributed by atoms with van der Waals surface area (Å²) in [7, 11) is 4.26. The molecule has 0 radical (unpaired) electrons. The van der Waals surface area contributed by atoms with E-state index >= 15 is 0 Å². The van der Waals surface area contributed by atoms with E-state index < -0.39 is 0 Å². The van der Waals surface area contributed by atoms with Crippen LogP contribution >= 0.6 is 11.8 Å². The van der Waals surface area contributed by atoms with Gasteiger partial charge in [0.15, 0.2) is 5.16 Å². The molecule has 4 heteroatoms. The van der Waals surface area contributed by atoms with Gasteiger partial charge in [0.25, 0.3) is 0 Å². The predicted octanol–water partition coefficient (Wildman–Crippen LogP) is 1.13. The highest BCUT2D eigenvalue weighted by Gasteiger charge is 2.19. The summed E-state index contributed by atoms with van der Waals surface area (Å²) in [5.74, 6) is 0. The van der Waals surface area contributed by atoms with Crippen LogP contribution in [0.2, 0.25) is 0 Å². The number of aromatic nitrogens is 2. The summed E-state index contributed by atoms with van der Waals surface area (Å²) >= 11 is 1.72. The molecule has 0 saturated carbocycles. The van der Waals surface area contributed by atoms with Gasteiger partial charge in [-0.3, -0.25) is 0 Å². The Morgan fingerprint density at radius 3 is 2.85 bits per heavy atom. The fourth-order valence-corrected chi connectivity index (χ4v) is 2.40. The van der Waals surface area contributed by atoms with Gasteiger partial charge in [0.2, 0.25) is 0 Å². The number of imidazole rings is 1. The standard InChI is InChI=1S/C9H15N3S/c1-11-5-4-8-7(6-11)10-9(13-3)12(8)2/h4-6H2,1-3H3. The van der Waals surface area contributed by atoms with Gasteiger partial charge in [-0.1, -0.05) is 11.8 Å². The molecular formula is C9H15N3S. The second-order valence-corrected chi connectivity index (χ2v) is 4.31. The van der Waals surface area contributed by atoms with Crippen LogP contribution in [0.15, 0.2) is 5.16 Å². The van der Waals surface area contributed by atoms with Crippen molar-refractivity contribution < 1.29 is 0 Å². The summed E-state index contributed by atoms with van der Waals surface area (Å²) in [5.41, 5.74) is 2.68. The molecule has 0 aromatic carbocycles. The molecule has 0 aliphatic carbocycles. The van der Waals surface area contributed by atoms with Gasteiger partial charge in [0.1, 0.15) is 0 Å². The van der Waals surface area contributed by atoms with E-state index in [4.69, 9.17) is 0 Å². The van der Waals surface area contributed by atoms with E-state index in [-0.39, 0.29) is 0 Å². The molecule has 0 spiro atoms. The largest absolute Gasteiger partial charge is 0.326 e. The normalized spacial score (nSPS) is 17.5. The van der Waals surface area contributed by atoms with E-state index in [1.165, 1.54) is 11.4 Å². The summed E-state index contributed by atoms with van der Waals surface area (Å²) in [6, 6.07) is 0. The lowest BCUT2D eigenvalue weighted by atomic mass is 10.1. The average molecular weight is 197 g/mol. The maximum absolute atomic E-state index is 4.60. The summed E-state index contributed by atoms with van der Waals surface area (Å²) in [5, 5.41) is 1.14. The summed E-state index contributed by atoms with van der Waals surface area (Å²) in [6.45, 7) is 2.16. The number of fused-ring (bicyclic) bond motifs is 1. The van der Waals surface area contributed by atoms with Crippen molar-refractivity contribution in [2.24, 2.45) is 7.05 Å². The Balaban J connectivity index is 2.39. The minimum absolute atomic E-state index is 1.00. The number of hydrogen-bond acceptors (Lipinski definition) is 3. The smallest absolute Gasteiger partial charge is 0.167 e. The third-order valence-corrected chi connectivity index (χ3v) is 3.32. The van der Waals surface area contributed by atoms with E-state index in [9.17, 15) is 0 Å². The molecule has 2 heterocycles. The van der Waals surface area contributed by atoms with Gasteiger partial charge in [-0.15, -0.1) is 0 Å². The molecular weight excluding hydrogens is 182 g/mol. The number of likely N-dealkylation sites (N-methyl/N-ethyl adjacent to an activating group) is 1. The van der Waals surface area contributed by atoms with Crippen molar-refractivity contribution >= 4 is 11.8 Å². The highest BCUT2D eigenvalue weighted by Crippen LogP contribution is 2.22. The van der Waals surface area contributed by atoms with Gasteiger partial charge >= 0.3 is 0 Å². The maximum atomic E-state index is 4.60. The number of nitrogens with zero attached hydrogens (tertiary/aromatic N) is 3. The molecule has 1 aromatic rings. The first kappa shape index (κ1) is 9.09. The monoisotopic (exact) mass is 197 g/mol. The van der Waals surface area contributed by atoms with Crippen molar-refractivity contribution in [2.45, 2.75) is 18.1 Å². The van der Waals surface area contributed by atoms with E-state index in [1.54, 1.807) is 11.8 Å². The fourth-order valence-electron chi connectivity index (χ4n) is 1.82. The zero-order chi connectivity index (χ0) is 9.42. The average Bonchev–Trinajstić information content (AvgIpc) is 2.42. The van der Waals surface area contributed by atoms with E-state index in [1.807, 2.05) is 0 Å². The summed E-state index contributed by atoms with van der Waals surface area (Å²) in [6.07, 6.45) is 3.22. The first-order valence-corrected chi connectivity index (χ1v) is 5.72. The van der Waals surface area contributed by atoms with Crippen molar-refractivity contribution in [2.75, 3.05) is 19.8 Å². The van der Waals surface area contributed by atoms with E-state index in [0.29, 0.717) is 0 Å². The minimum Gasteiger partial charge on any atom is -0.326 e. The lowest BCUT2D eigenvalue weighted by Crippen LogP contribution is -2.27. The van der Waals surface area contributed by atoms with Gasteiger partial charge < -0.3 is 9.47 Å². The molecule has 13 heavy (non-hydrogen) atoms. The molecule has 0 fully saturated rings. The van der Waals surface area contributed by atoms with Crippen LogP contribution in [0.3, 0.4) is 0 Å². The molecule has 3 nitrogen and oxygen atoms in total. The lowest BCUT2D eigenvalue weighted by molar-refractivity contribution is 0.305. The molecule has 0 amide bonds. The number of hydrogen-bond donors (Lipinski definition) is 0. The Hall–Kier alpha value is -0.480. The van der Waals surface area contributed by atoms with Gasteiger partial charge in [-0.05, 0) is 13.3 Å². The van der Waals surface area contributed by atoms with Gasteiger partial charge in [0.05, 0.1) is 5.69 Å². The Bertz CT molecular complexity index is 319. The van der Waals surface area contributed by atoms with Crippen LogP contribution in [0.5, 0.6) is 0 Å². The summed E-state index contributed by atoms with van der Waals surface area (Å²) in [4.78, 5) is 6.92. The zero-order valence-corrected chi connectivity index (χ0v) is 9.19. The maximum Gasteiger partial charge on any atom is 0.167 e. The zero-order valence-electron chi connectivity index (χ0n) is 8.37. The first-order chi connectivity index (χ1) is 6.22. The molecule has 1 aliphatic rings. The van der Waals surface area contributed by atoms with Crippen molar-refractivity contribution in [1.29, 1.82) is 0 Å². The Morgan fingerprint density at radius 2 is 2.15 bits per heavy atom. The van der Waals surface area contributed by atoms with E-state index in [0.717, 1.165) is 24.7 Å². The van der Waals surface area contributed by atoms with Crippen LogP contribution in [0.1, 0.15) is 11.4 Å². The Kier molecular flexibility index (Phi) is 2.34. The van der Waals surface area contributed by atoms with Crippen molar-refractivity contribution in [3.8, 4) is 0 Å². The predicted molar refractivity (Wildman–Crippen MR) is 55.0 cm³/mol. The van der Waals surface area contributed by atoms with Crippen LogP contribution in [0.25, 0.3) is 0 Å². The van der Waals surface area contributed by atoms with Crippen LogP contribution in [-0.2, 0) is 20.0 Å². The van der Waals surface area contributed by atoms with E-state index in [2.05, 4.69) is 34.8 Å². The van der Waals surface area contributed by atoms with Crippen molar-refractivity contribution in [3.63, 3.8) is 0 Å². The summed E-state index contributed by atoms with van der Waals surface area (Å²) < 4.78 is 2.23. The highest BCUT2D eigenvalue weighted by atomic mass is 32.2. The SMILES string of the molecule is CSc1nc2c(n1C)CCN(C)C2. The fraction of sp³-hybridized carbons (Fsp3) is 0.667. The molecule has 0 atom stereocenters. The quantitative estimate of drug-likeness (QED) is 0.630. The van der Waals surface area contributed by atoms with Crippen LogP contribution in [-0.4, -0.2) is 34.3 Å². The third-order valence-electron chi connectivity index (χ3n) is 2.59. The van der Waals surface area contributed by atoms with Crippen molar-refractivity contribution in [3.05, 3.63) is 11.4 Å². The molecule has 0 bridgehead atoms. The molecule has 72 valence electrons. The van der Waals surface area contributed by atoms with Crippen LogP contribution in [0.4, 0.5) is 0 Å². The topological polar surface area (TPSA) is 21.1 Å². The van der Waals surface area contributed by atoms with Gasteiger partial charge in [0, 0.05) is 32.3 Å². The Labute approximate surface area is 83.1 Å². The van der Waals surface area contributed by atoms with Crippen LogP contribution < -0.4 is 0 Å². The first-order valence-electron chi connectivity index (χ1n) is 4.49. The third kappa shape index (κ3) is 1.48. The van der Waals surface area contributed by atoms with Crippen molar-refractivity contribution in [1.82, 2.24) is 14.5 Å². The molecule has 0 saturated heterocycles. The minimum atomic E-state index is 1.00. The second kappa shape index (κ2) is 3.35.